The maximum Gasteiger partial charge on any atom is 0.515 e. The third-order valence-corrected chi connectivity index (χ3v) is 10.5. The zero-order valence-electron chi connectivity index (χ0n) is 14.3. The Hall–Kier alpha value is -1.73. The van der Waals surface area contributed by atoms with Crippen LogP contribution in [0, 0.1) is 10.1 Å². The summed E-state index contributed by atoms with van der Waals surface area (Å²) >= 11 is 0. The van der Waals surface area contributed by atoms with Gasteiger partial charge in [-0.15, -0.1) is 0 Å². The van der Waals surface area contributed by atoms with Crippen LogP contribution in [0.2, 0.25) is 0 Å². The second-order valence-corrected chi connectivity index (χ2v) is 11.4. The second kappa shape index (κ2) is 7.66. The number of nitro benzene ring substituents is 1. The molecule has 0 amide bonds. The molecule has 0 N–H and O–H groups in total. The Morgan fingerprint density at radius 1 is 1.08 bits per heavy atom. The largest absolute Gasteiger partial charge is 0.515 e. The summed E-state index contributed by atoms with van der Waals surface area (Å²) in [7, 11) is -5.18. The van der Waals surface area contributed by atoms with Crippen molar-refractivity contribution in [2.75, 3.05) is 27.5 Å². The molecule has 0 aliphatic carbocycles. The van der Waals surface area contributed by atoms with Gasteiger partial charge in [-0.2, -0.15) is 0 Å². The molecule has 2 unspecified atom stereocenters. The average molecular weight is 395 g/mol. The first-order valence-electron chi connectivity index (χ1n) is 6.82. The van der Waals surface area contributed by atoms with Gasteiger partial charge in [0.1, 0.15) is 5.75 Å². The van der Waals surface area contributed by atoms with Gasteiger partial charge < -0.3 is 18.5 Å². The van der Waals surface area contributed by atoms with Gasteiger partial charge in [0, 0.05) is 39.7 Å². The van der Waals surface area contributed by atoms with E-state index < -0.39 is 30.9 Å². The molecule has 0 aromatic heterocycles. The number of nitrogens with zero attached hydrogens (tertiary/aromatic N) is 1. The quantitative estimate of drug-likeness (QED) is 0.222. The van der Waals surface area contributed by atoms with Crippen LogP contribution in [0.1, 0.15) is 6.92 Å². The summed E-state index contributed by atoms with van der Waals surface area (Å²) in [5.74, 6) is -0.0512. The van der Waals surface area contributed by atoms with Crippen molar-refractivity contribution in [3.05, 3.63) is 34.4 Å². The maximum absolute atomic E-state index is 12.6. The Labute approximate surface area is 144 Å². The first-order valence-corrected chi connectivity index (χ1v) is 11.0. The number of rotatable bonds is 7. The lowest BCUT2D eigenvalue weighted by Crippen LogP contribution is -2.33. The molecule has 1 aromatic carbocycles. The maximum atomic E-state index is 12.6. The van der Waals surface area contributed by atoms with Gasteiger partial charge in [0.05, 0.1) is 4.92 Å². The van der Waals surface area contributed by atoms with E-state index in [9.17, 15) is 24.0 Å². The van der Waals surface area contributed by atoms with E-state index in [4.69, 9.17) is 18.5 Å². The van der Waals surface area contributed by atoms with E-state index in [2.05, 4.69) is 0 Å². The van der Waals surface area contributed by atoms with Gasteiger partial charge in [0.2, 0.25) is 0 Å². The SMILES string of the molecule is COP(C)(=O)C(C)(OC(=O)Oc1ccc([N+](=O)[O-])cc1)P(C)(=O)OC. The van der Waals surface area contributed by atoms with E-state index in [0.29, 0.717) is 0 Å². The molecule has 0 radical (unpaired) electrons. The number of carbonyl (C=O) groups is 1. The fraction of sp³-hybridized carbons (Fsp3) is 0.462. The van der Waals surface area contributed by atoms with Crippen molar-refractivity contribution in [3.8, 4) is 5.75 Å². The number of carbonyl (C=O) groups excluding carboxylic acids is 1. The fourth-order valence-electron chi connectivity index (χ4n) is 1.75. The molecule has 0 heterocycles. The predicted molar refractivity (Wildman–Crippen MR) is 89.7 cm³/mol. The Bertz CT molecular complexity index is 722. The lowest BCUT2D eigenvalue weighted by Gasteiger charge is -2.36. The predicted octanol–water partition coefficient (Wildman–Crippen LogP) is 3.89. The fourth-order valence-corrected chi connectivity index (χ4v) is 6.03. The molecular formula is C13H19NO9P2. The van der Waals surface area contributed by atoms with Gasteiger partial charge in [-0.05, 0) is 19.1 Å². The van der Waals surface area contributed by atoms with Crippen LogP contribution in [-0.4, -0.2) is 43.7 Å². The van der Waals surface area contributed by atoms with Crippen molar-refractivity contribution in [1.82, 2.24) is 0 Å². The highest BCUT2D eigenvalue weighted by Crippen LogP contribution is 2.73. The lowest BCUT2D eigenvalue weighted by atomic mass is 10.3. The Morgan fingerprint density at radius 3 is 1.88 bits per heavy atom. The minimum absolute atomic E-state index is 0.0512. The molecule has 0 saturated heterocycles. The number of ether oxygens (including phenoxy) is 2. The zero-order chi connectivity index (χ0) is 19.5. The Morgan fingerprint density at radius 2 is 1.52 bits per heavy atom. The van der Waals surface area contributed by atoms with Gasteiger partial charge in [0.25, 0.3) is 25.5 Å². The van der Waals surface area contributed by atoms with Crippen LogP contribution in [0.3, 0.4) is 0 Å². The molecule has 10 nitrogen and oxygen atoms in total. The van der Waals surface area contributed by atoms with E-state index >= 15 is 0 Å². The van der Waals surface area contributed by atoms with Gasteiger partial charge >= 0.3 is 6.16 Å². The Kier molecular flexibility index (Phi) is 6.53. The lowest BCUT2D eigenvalue weighted by molar-refractivity contribution is -0.384. The first kappa shape index (κ1) is 21.3. The number of non-ortho nitro benzene ring substituents is 1. The van der Waals surface area contributed by atoms with Crippen LogP contribution in [0.25, 0.3) is 0 Å². The highest BCUT2D eigenvalue weighted by molar-refractivity contribution is 7.77. The molecule has 25 heavy (non-hydrogen) atoms. The number of nitro groups is 1. The molecule has 0 aliphatic rings. The molecule has 2 atom stereocenters. The number of benzene rings is 1. The monoisotopic (exact) mass is 395 g/mol. The molecule has 0 saturated carbocycles. The highest BCUT2D eigenvalue weighted by Gasteiger charge is 2.58. The van der Waals surface area contributed by atoms with Gasteiger partial charge in [-0.3, -0.25) is 19.2 Å². The minimum atomic E-state index is -3.71. The molecule has 0 fully saturated rings. The topological polar surface area (TPSA) is 131 Å². The summed E-state index contributed by atoms with van der Waals surface area (Å²) in [6.45, 7) is 3.47. The van der Waals surface area contributed by atoms with E-state index in [0.717, 1.165) is 39.7 Å². The van der Waals surface area contributed by atoms with Crippen molar-refractivity contribution in [2.24, 2.45) is 0 Å². The highest BCUT2D eigenvalue weighted by atomic mass is 31.2. The first-order chi connectivity index (χ1) is 11.4. The summed E-state index contributed by atoms with van der Waals surface area (Å²) in [4.78, 5) is 22.0. The van der Waals surface area contributed by atoms with Crippen LogP contribution in [0.5, 0.6) is 5.75 Å². The van der Waals surface area contributed by atoms with Crippen LogP contribution in [-0.2, 0) is 22.9 Å². The van der Waals surface area contributed by atoms with Crippen molar-refractivity contribution < 1.29 is 37.4 Å². The number of hydrogen-bond acceptors (Lipinski definition) is 9. The number of hydrogen-bond donors (Lipinski definition) is 0. The molecule has 140 valence electrons. The molecule has 0 bridgehead atoms. The van der Waals surface area contributed by atoms with E-state index in [-0.39, 0.29) is 11.4 Å². The molecule has 1 aromatic rings. The van der Waals surface area contributed by atoms with E-state index in [1.165, 1.54) is 19.1 Å². The zero-order valence-corrected chi connectivity index (χ0v) is 16.1. The van der Waals surface area contributed by atoms with Crippen LogP contribution >= 0.6 is 14.7 Å². The minimum Gasteiger partial charge on any atom is -0.407 e. The smallest absolute Gasteiger partial charge is 0.407 e. The Balaban J connectivity index is 3.06. The average Bonchev–Trinajstić information content (AvgIpc) is 2.54. The summed E-state index contributed by atoms with van der Waals surface area (Å²) < 4.78 is 45.0. The standard InChI is InChI=1S/C13H19NO9P2/c1-13(24(4,18)20-2,25(5,19)21-3)23-12(15)22-11-8-6-10(7-9-11)14(16)17/h6-9H,1-5H3. The molecule has 1 rings (SSSR count). The van der Waals surface area contributed by atoms with Crippen molar-refractivity contribution in [2.45, 2.75) is 12.0 Å². The van der Waals surface area contributed by atoms with Crippen LogP contribution in [0.4, 0.5) is 10.5 Å². The van der Waals surface area contributed by atoms with Crippen LogP contribution in [0.15, 0.2) is 24.3 Å². The van der Waals surface area contributed by atoms with Crippen molar-refractivity contribution >= 4 is 26.6 Å². The van der Waals surface area contributed by atoms with Crippen molar-refractivity contribution in [1.29, 1.82) is 0 Å². The third kappa shape index (κ3) is 4.46. The molecule has 0 spiro atoms. The molecular weight excluding hydrogens is 376 g/mol. The summed E-state index contributed by atoms with van der Waals surface area (Å²) in [5.41, 5.74) is -0.194. The second-order valence-electron chi connectivity index (χ2n) is 5.20. The summed E-state index contributed by atoms with van der Waals surface area (Å²) in [6.07, 6.45) is -1.31. The van der Waals surface area contributed by atoms with Gasteiger partial charge in [-0.1, -0.05) is 0 Å². The van der Waals surface area contributed by atoms with Crippen LogP contribution < -0.4 is 4.74 Å². The normalized spacial score (nSPS) is 18.3. The third-order valence-electron chi connectivity index (χ3n) is 3.73. The molecule has 0 aliphatic heterocycles. The van der Waals surface area contributed by atoms with E-state index in [1.54, 1.807) is 0 Å². The van der Waals surface area contributed by atoms with Gasteiger partial charge in [-0.25, -0.2) is 4.79 Å². The van der Waals surface area contributed by atoms with Crippen molar-refractivity contribution in [3.63, 3.8) is 0 Å². The van der Waals surface area contributed by atoms with Gasteiger partial charge in [0.15, 0.2) is 0 Å². The summed E-state index contributed by atoms with van der Waals surface area (Å²) in [6, 6.07) is 4.62. The summed E-state index contributed by atoms with van der Waals surface area (Å²) in [5, 5.41) is 8.51. The molecule has 12 heteroatoms. The van der Waals surface area contributed by atoms with E-state index in [1.807, 2.05) is 0 Å².